The van der Waals surface area contributed by atoms with Gasteiger partial charge in [0.25, 0.3) is 0 Å². The molecule has 94 valence electrons. The molecule has 0 aromatic heterocycles. The molecule has 0 unspecified atom stereocenters. The van der Waals surface area contributed by atoms with Crippen LogP contribution in [0.4, 0.5) is 5.69 Å². The molecule has 1 amide bonds. The number of benzene rings is 1. The Morgan fingerprint density at radius 1 is 1.39 bits per heavy atom. The molecule has 0 saturated heterocycles. The number of amides is 1. The zero-order valence-corrected chi connectivity index (χ0v) is 10.7. The number of fused-ring (bicyclic) bond motifs is 1. The highest BCUT2D eigenvalue weighted by atomic mass is 32.2. The van der Waals surface area contributed by atoms with E-state index < -0.39 is 15.6 Å². The maximum atomic E-state index is 11.8. The molecule has 6 heteroatoms. The zero-order chi connectivity index (χ0) is 13.3. The fourth-order valence-corrected chi connectivity index (χ4v) is 2.93. The summed E-state index contributed by atoms with van der Waals surface area (Å²) in [4.78, 5) is 13.2. The van der Waals surface area contributed by atoms with Crippen molar-refractivity contribution in [3.8, 4) is 6.07 Å². The summed E-state index contributed by atoms with van der Waals surface area (Å²) < 4.78 is 23.5. The fourth-order valence-electron chi connectivity index (χ4n) is 1.99. The lowest BCUT2D eigenvalue weighted by atomic mass is 10.0. The number of hydrogen-bond acceptors (Lipinski definition) is 4. The molecule has 1 aliphatic heterocycles. The standard InChI is InChI=1S/C12H12N2O3S/c1-14-11-4-3-10(18(16,17)7-6-13)8-9(11)2-5-12(14)15/h3-4,8H,2,5,7H2,1H3. The van der Waals surface area contributed by atoms with Crippen LogP contribution in [0.15, 0.2) is 23.1 Å². The predicted octanol–water partition coefficient (Wildman–Crippen LogP) is 0.893. The fraction of sp³-hybridized carbons (Fsp3) is 0.333. The van der Waals surface area contributed by atoms with Crippen molar-refractivity contribution < 1.29 is 13.2 Å². The molecule has 0 N–H and O–H groups in total. The first-order chi connectivity index (χ1) is 8.45. The number of carbonyl (C=O) groups excluding carboxylic acids is 1. The summed E-state index contributed by atoms with van der Waals surface area (Å²) >= 11 is 0. The monoisotopic (exact) mass is 264 g/mol. The molecule has 0 aliphatic carbocycles. The van der Waals surface area contributed by atoms with E-state index in [2.05, 4.69) is 0 Å². The number of aryl methyl sites for hydroxylation is 1. The normalized spacial score (nSPS) is 15.1. The van der Waals surface area contributed by atoms with Crippen molar-refractivity contribution in [3.63, 3.8) is 0 Å². The van der Waals surface area contributed by atoms with E-state index >= 15 is 0 Å². The van der Waals surface area contributed by atoms with Crippen LogP contribution in [0.5, 0.6) is 0 Å². The van der Waals surface area contributed by atoms with E-state index in [4.69, 9.17) is 5.26 Å². The number of sulfone groups is 1. The molecule has 1 heterocycles. The molecule has 2 rings (SSSR count). The molecule has 0 bridgehead atoms. The lowest BCUT2D eigenvalue weighted by Crippen LogP contribution is -2.31. The van der Waals surface area contributed by atoms with Gasteiger partial charge in [-0.15, -0.1) is 0 Å². The summed E-state index contributed by atoms with van der Waals surface area (Å²) in [7, 11) is -1.87. The number of carbonyl (C=O) groups is 1. The topological polar surface area (TPSA) is 78.2 Å². The smallest absolute Gasteiger partial charge is 0.227 e. The van der Waals surface area contributed by atoms with E-state index in [0.717, 1.165) is 11.3 Å². The quantitative estimate of drug-likeness (QED) is 0.794. The Morgan fingerprint density at radius 2 is 2.11 bits per heavy atom. The van der Waals surface area contributed by atoms with Crippen molar-refractivity contribution in [2.24, 2.45) is 0 Å². The highest BCUT2D eigenvalue weighted by molar-refractivity contribution is 7.91. The molecular formula is C12H12N2O3S. The van der Waals surface area contributed by atoms with Crippen molar-refractivity contribution in [1.82, 2.24) is 0 Å². The summed E-state index contributed by atoms with van der Waals surface area (Å²) in [6.45, 7) is 0. The Balaban J connectivity index is 2.47. The number of nitrogens with zero attached hydrogens (tertiary/aromatic N) is 2. The molecule has 0 fully saturated rings. The van der Waals surface area contributed by atoms with Gasteiger partial charge in [-0.05, 0) is 30.2 Å². The van der Waals surface area contributed by atoms with E-state index in [0.29, 0.717) is 12.8 Å². The first-order valence-electron chi connectivity index (χ1n) is 5.45. The molecular weight excluding hydrogens is 252 g/mol. The Bertz CT molecular complexity index is 644. The van der Waals surface area contributed by atoms with E-state index in [1.54, 1.807) is 25.2 Å². The van der Waals surface area contributed by atoms with Crippen LogP contribution >= 0.6 is 0 Å². The van der Waals surface area contributed by atoms with Gasteiger partial charge in [0.05, 0.1) is 11.0 Å². The van der Waals surface area contributed by atoms with Gasteiger partial charge in [-0.25, -0.2) is 8.42 Å². The van der Waals surface area contributed by atoms with Gasteiger partial charge in [0.1, 0.15) is 5.75 Å². The van der Waals surface area contributed by atoms with Gasteiger partial charge in [0, 0.05) is 19.2 Å². The Kier molecular flexibility index (Phi) is 3.09. The second-order valence-electron chi connectivity index (χ2n) is 4.16. The predicted molar refractivity (Wildman–Crippen MR) is 65.8 cm³/mol. The maximum absolute atomic E-state index is 11.8. The average Bonchev–Trinajstić information content (AvgIpc) is 2.33. The van der Waals surface area contributed by atoms with Gasteiger partial charge in [-0.2, -0.15) is 5.26 Å². The highest BCUT2D eigenvalue weighted by Crippen LogP contribution is 2.29. The molecule has 5 nitrogen and oxygen atoms in total. The van der Waals surface area contributed by atoms with E-state index in [-0.39, 0.29) is 10.8 Å². The second-order valence-corrected chi connectivity index (χ2v) is 6.15. The third-order valence-corrected chi connectivity index (χ3v) is 4.49. The lowest BCUT2D eigenvalue weighted by Gasteiger charge is -2.25. The minimum absolute atomic E-state index is 0.0233. The van der Waals surface area contributed by atoms with E-state index in [9.17, 15) is 13.2 Å². The Morgan fingerprint density at radius 3 is 2.78 bits per heavy atom. The summed E-state index contributed by atoms with van der Waals surface area (Å²) in [6.07, 6.45) is 0.916. The van der Waals surface area contributed by atoms with Crippen LogP contribution in [0.3, 0.4) is 0 Å². The summed E-state index contributed by atoms with van der Waals surface area (Å²) in [5.74, 6) is -0.504. The zero-order valence-electron chi connectivity index (χ0n) is 9.88. The first-order valence-corrected chi connectivity index (χ1v) is 7.10. The Hall–Kier alpha value is -1.87. The van der Waals surface area contributed by atoms with Crippen molar-refractivity contribution in [3.05, 3.63) is 23.8 Å². The third-order valence-electron chi connectivity index (χ3n) is 3.01. The van der Waals surface area contributed by atoms with Gasteiger partial charge < -0.3 is 4.90 Å². The van der Waals surface area contributed by atoms with Crippen LogP contribution in [0, 0.1) is 11.3 Å². The molecule has 1 aromatic carbocycles. The second kappa shape index (κ2) is 4.42. The van der Waals surface area contributed by atoms with Crippen LogP contribution in [-0.4, -0.2) is 27.1 Å². The number of rotatable bonds is 2. The van der Waals surface area contributed by atoms with Gasteiger partial charge in [0.15, 0.2) is 9.84 Å². The van der Waals surface area contributed by atoms with Gasteiger partial charge in [-0.1, -0.05) is 0 Å². The summed E-state index contributed by atoms with van der Waals surface area (Å²) in [6, 6.07) is 6.28. The number of nitriles is 1. The lowest BCUT2D eigenvalue weighted by molar-refractivity contribution is -0.118. The first kappa shape index (κ1) is 12.6. The largest absolute Gasteiger partial charge is 0.315 e. The number of anilines is 1. The molecule has 1 aromatic rings. The average molecular weight is 264 g/mol. The highest BCUT2D eigenvalue weighted by Gasteiger charge is 2.23. The van der Waals surface area contributed by atoms with Crippen molar-refractivity contribution in [2.75, 3.05) is 17.7 Å². The summed E-state index contributed by atoms with van der Waals surface area (Å²) in [5, 5.41) is 8.50. The molecule has 0 saturated carbocycles. The third kappa shape index (κ3) is 2.09. The van der Waals surface area contributed by atoms with Gasteiger partial charge >= 0.3 is 0 Å². The van der Waals surface area contributed by atoms with Crippen molar-refractivity contribution in [1.29, 1.82) is 5.26 Å². The molecule has 18 heavy (non-hydrogen) atoms. The van der Waals surface area contributed by atoms with Crippen LogP contribution < -0.4 is 4.90 Å². The van der Waals surface area contributed by atoms with Crippen molar-refractivity contribution >= 4 is 21.4 Å². The number of hydrogen-bond donors (Lipinski definition) is 0. The minimum Gasteiger partial charge on any atom is -0.315 e. The minimum atomic E-state index is -3.54. The SMILES string of the molecule is CN1C(=O)CCc2cc(S(=O)(=O)CC#N)ccc21. The van der Waals surface area contributed by atoms with Crippen LogP contribution in [-0.2, 0) is 21.1 Å². The van der Waals surface area contributed by atoms with Crippen LogP contribution in [0.1, 0.15) is 12.0 Å². The molecule has 0 spiro atoms. The van der Waals surface area contributed by atoms with E-state index in [1.165, 1.54) is 11.0 Å². The van der Waals surface area contributed by atoms with Crippen LogP contribution in [0.25, 0.3) is 0 Å². The van der Waals surface area contributed by atoms with Gasteiger partial charge in [-0.3, -0.25) is 4.79 Å². The molecule has 0 radical (unpaired) electrons. The van der Waals surface area contributed by atoms with Gasteiger partial charge in [0.2, 0.25) is 5.91 Å². The Labute approximate surface area is 106 Å². The summed E-state index contributed by atoms with van der Waals surface area (Å²) in [5.41, 5.74) is 1.57. The molecule has 0 atom stereocenters. The van der Waals surface area contributed by atoms with Crippen LogP contribution in [0.2, 0.25) is 0 Å². The maximum Gasteiger partial charge on any atom is 0.227 e. The molecule has 1 aliphatic rings. The van der Waals surface area contributed by atoms with E-state index in [1.807, 2.05) is 0 Å². The van der Waals surface area contributed by atoms with Crippen molar-refractivity contribution in [2.45, 2.75) is 17.7 Å².